The van der Waals surface area contributed by atoms with Gasteiger partial charge in [-0.2, -0.15) is 0 Å². The lowest BCUT2D eigenvalue weighted by molar-refractivity contribution is -0.118. The van der Waals surface area contributed by atoms with Gasteiger partial charge < -0.3 is 15.4 Å². The van der Waals surface area contributed by atoms with Gasteiger partial charge in [-0.15, -0.1) is 0 Å². The first-order chi connectivity index (χ1) is 14.5. The highest BCUT2D eigenvalue weighted by Gasteiger charge is 2.51. The number of carbonyl (C=O) groups is 1. The number of hydrogen-bond donors (Lipinski definition) is 2. The van der Waals surface area contributed by atoms with Crippen LogP contribution in [0.5, 0.6) is 5.75 Å². The van der Waals surface area contributed by atoms with Crippen molar-refractivity contribution >= 4 is 17.4 Å². The minimum Gasteiger partial charge on any atom is -0.483 e. The van der Waals surface area contributed by atoms with E-state index in [1.165, 1.54) is 38.5 Å². The lowest BCUT2D eigenvalue weighted by Gasteiger charge is -2.57. The van der Waals surface area contributed by atoms with E-state index in [4.69, 9.17) is 4.74 Å². The summed E-state index contributed by atoms with van der Waals surface area (Å²) in [7, 11) is 0. The van der Waals surface area contributed by atoms with E-state index in [2.05, 4.69) is 15.6 Å². The highest BCUT2D eigenvalue weighted by atomic mass is 16.5. The minimum atomic E-state index is -0.179. The van der Waals surface area contributed by atoms with Crippen molar-refractivity contribution in [1.29, 1.82) is 0 Å². The molecule has 0 unspecified atom stereocenters. The van der Waals surface area contributed by atoms with Gasteiger partial charge in [-0.1, -0.05) is 18.2 Å². The number of anilines is 2. The van der Waals surface area contributed by atoms with Crippen LogP contribution < -0.4 is 15.4 Å². The fourth-order valence-corrected chi connectivity index (χ4v) is 6.44. The molecule has 1 amide bonds. The van der Waals surface area contributed by atoms with E-state index >= 15 is 0 Å². The van der Waals surface area contributed by atoms with Crippen LogP contribution >= 0.6 is 0 Å². The van der Waals surface area contributed by atoms with Crippen LogP contribution in [0, 0.1) is 31.6 Å². The molecular weight excluding hydrogens is 374 g/mol. The van der Waals surface area contributed by atoms with E-state index in [0.717, 1.165) is 40.4 Å². The molecule has 0 radical (unpaired) electrons. The predicted octanol–water partition coefficient (Wildman–Crippen LogP) is 5.10. The first kappa shape index (κ1) is 19.4. The Morgan fingerprint density at radius 2 is 1.67 bits per heavy atom. The first-order valence-electron chi connectivity index (χ1n) is 11.2. The van der Waals surface area contributed by atoms with Crippen LogP contribution in [0.4, 0.5) is 11.5 Å². The van der Waals surface area contributed by atoms with Crippen LogP contribution in [0.3, 0.4) is 0 Å². The molecule has 1 aromatic carbocycles. The normalized spacial score (nSPS) is 28.9. The average Bonchev–Trinajstić information content (AvgIpc) is 2.68. The van der Waals surface area contributed by atoms with Crippen molar-refractivity contribution in [3.63, 3.8) is 0 Å². The Balaban J connectivity index is 1.17. The van der Waals surface area contributed by atoms with Crippen LogP contribution in [-0.4, -0.2) is 23.0 Å². The van der Waals surface area contributed by atoms with E-state index < -0.39 is 0 Å². The minimum absolute atomic E-state index is 0.0149. The van der Waals surface area contributed by atoms with Crippen molar-refractivity contribution in [3.8, 4) is 5.75 Å². The highest BCUT2D eigenvalue weighted by molar-refractivity contribution is 5.91. The summed E-state index contributed by atoms with van der Waals surface area (Å²) in [5, 5.41) is 6.66. The smallest absolute Gasteiger partial charge is 0.262 e. The van der Waals surface area contributed by atoms with E-state index in [0.29, 0.717) is 5.69 Å². The molecule has 6 rings (SSSR count). The summed E-state index contributed by atoms with van der Waals surface area (Å²) in [6, 6.07) is 9.87. The molecular formula is C25H31N3O2. The number of aryl methyl sites for hydroxylation is 2. The zero-order valence-electron chi connectivity index (χ0n) is 17.9. The quantitative estimate of drug-likeness (QED) is 0.702. The Kier molecular flexibility index (Phi) is 4.92. The molecule has 2 aromatic rings. The fraction of sp³-hybridized carbons (Fsp3) is 0.520. The van der Waals surface area contributed by atoms with Gasteiger partial charge in [0, 0.05) is 5.54 Å². The number of para-hydroxylation sites is 1. The van der Waals surface area contributed by atoms with Crippen LogP contribution in [0.2, 0.25) is 0 Å². The average molecular weight is 406 g/mol. The van der Waals surface area contributed by atoms with Crippen molar-refractivity contribution in [2.75, 3.05) is 17.2 Å². The lowest BCUT2D eigenvalue weighted by atomic mass is 9.53. The van der Waals surface area contributed by atoms with Crippen molar-refractivity contribution in [1.82, 2.24) is 4.98 Å². The number of rotatable bonds is 6. The van der Waals surface area contributed by atoms with Crippen LogP contribution in [0.25, 0.3) is 0 Å². The Morgan fingerprint density at radius 3 is 2.23 bits per heavy atom. The number of aromatic nitrogens is 1. The van der Waals surface area contributed by atoms with E-state index in [9.17, 15) is 4.79 Å². The number of nitrogens with one attached hydrogen (secondary N) is 2. The molecule has 4 fully saturated rings. The summed E-state index contributed by atoms with van der Waals surface area (Å²) in [5.74, 6) is 4.22. The summed E-state index contributed by atoms with van der Waals surface area (Å²) in [4.78, 5) is 16.9. The molecule has 4 saturated carbocycles. The molecule has 4 bridgehead atoms. The molecule has 1 heterocycles. The molecule has 5 nitrogen and oxygen atoms in total. The highest BCUT2D eigenvalue weighted by Crippen LogP contribution is 2.56. The van der Waals surface area contributed by atoms with Gasteiger partial charge >= 0.3 is 0 Å². The van der Waals surface area contributed by atoms with Gasteiger partial charge in [0.15, 0.2) is 6.61 Å². The number of pyridine rings is 1. The third-order valence-corrected chi connectivity index (χ3v) is 7.24. The number of amides is 1. The number of carbonyl (C=O) groups excluding carboxylic acids is 1. The van der Waals surface area contributed by atoms with Crippen LogP contribution in [-0.2, 0) is 4.79 Å². The van der Waals surface area contributed by atoms with Crippen LogP contribution in [0.15, 0.2) is 36.5 Å². The molecule has 0 saturated heterocycles. The molecule has 0 aliphatic heterocycles. The number of hydrogen-bond acceptors (Lipinski definition) is 4. The van der Waals surface area contributed by atoms with Gasteiger partial charge in [0.25, 0.3) is 5.91 Å². The van der Waals surface area contributed by atoms with Gasteiger partial charge in [0.05, 0.1) is 11.9 Å². The Labute approximate surface area is 178 Å². The summed E-state index contributed by atoms with van der Waals surface area (Å²) >= 11 is 0. The van der Waals surface area contributed by atoms with Gasteiger partial charge in [-0.05, 0) is 93.4 Å². The zero-order chi connectivity index (χ0) is 20.7. The Hall–Kier alpha value is -2.56. The molecule has 2 N–H and O–H groups in total. The summed E-state index contributed by atoms with van der Waals surface area (Å²) in [6.45, 7) is 3.96. The monoisotopic (exact) mass is 405 g/mol. The number of nitrogens with zero attached hydrogens (tertiary/aromatic N) is 1. The Morgan fingerprint density at radius 1 is 1.03 bits per heavy atom. The maximum atomic E-state index is 12.3. The largest absolute Gasteiger partial charge is 0.483 e. The third kappa shape index (κ3) is 3.90. The predicted molar refractivity (Wildman–Crippen MR) is 119 cm³/mol. The fourth-order valence-electron chi connectivity index (χ4n) is 6.44. The molecule has 4 aliphatic rings. The maximum absolute atomic E-state index is 12.3. The van der Waals surface area contributed by atoms with Gasteiger partial charge in [-0.3, -0.25) is 4.79 Å². The summed E-state index contributed by atoms with van der Waals surface area (Å²) in [5.41, 5.74) is 3.00. The first-order valence-corrected chi connectivity index (χ1v) is 11.2. The Bertz CT molecular complexity index is 882. The van der Waals surface area contributed by atoms with Gasteiger partial charge in [0.2, 0.25) is 0 Å². The molecule has 0 atom stereocenters. The molecule has 30 heavy (non-hydrogen) atoms. The second-order valence-corrected chi connectivity index (χ2v) is 9.81. The SMILES string of the molecule is Cc1cccc(C)c1OCC(=O)Nc1ccc(NC23CC4CC(CC(C4)C2)C3)nc1. The lowest BCUT2D eigenvalue weighted by Crippen LogP contribution is -2.54. The molecule has 0 spiro atoms. The standard InChI is InChI=1S/C25H31N3O2/c1-16-4-3-5-17(2)24(16)30-15-23(29)27-21-6-7-22(26-14-21)28-25-11-18-8-19(12-25)10-20(9-18)13-25/h3-7,14,18-20H,8-13,15H2,1-2H3,(H,26,28)(H,27,29). The molecule has 4 aliphatic carbocycles. The molecule has 158 valence electrons. The second-order valence-electron chi connectivity index (χ2n) is 9.81. The topological polar surface area (TPSA) is 63.2 Å². The molecule has 1 aromatic heterocycles. The zero-order valence-corrected chi connectivity index (χ0v) is 17.9. The number of ether oxygens (including phenoxy) is 1. The van der Waals surface area contributed by atoms with E-state index in [1.54, 1.807) is 6.20 Å². The van der Waals surface area contributed by atoms with Crippen LogP contribution in [0.1, 0.15) is 49.7 Å². The van der Waals surface area contributed by atoms with Crippen molar-refractivity contribution < 1.29 is 9.53 Å². The summed E-state index contributed by atoms with van der Waals surface area (Å²) < 4.78 is 5.74. The van der Waals surface area contributed by atoms with Crippen molar-refractivity contribution in [3.05, 3.63) is 47.7 Å². The van der Waals surface area contributed by atoms with Gasteiger partial charge in [0.1, 0.15) is 11.6 Å². The van der Waals surface area contributed by atoms with Crippen molar-refractivity contribution in [2.24, 2.45) is 17.8 Å². The van der Waals surface area contributed by atoms with Crippen molar-refractivity contribution in [2.45, 2.75) is 57.9 Å². The summed E-state index contributed by atoms with van der Waals surface area (Å²) in [6.07, 6.45) is 9.90. The number of benzene rings is 1. The molecule has 5 heteroatoms. The van der Waals surface area contributed by atoms with E-state index in [-0.39, 0.29) is 18.1 Å². The second kappa shape index (κ2) is 7.60. The third-order valence-electron chi connectivity index (χ3n) is 7.24. The van der Waals surface area contributed by atoms with E-state index in [1.807, 2.05) is 44.2 Å². The van der Waals surface area contributed by atoms with Gasteiger partial charge in [-0.25, -0.2) is 4.98 Å². The maximum Gasteiger partial charge on any atom is 0.262 e.